The van der Waals surface area contributed by atoms with Crippen molar-refractivity contribution in [2.75, 3.05) is 0 Å². The lowest BCUT2D eigenvalue weighted by Crippen LogP contribution is -2.23. The first kappa shape index (κ1) is 17.6. The lowest BCUT2D eigenvalue weighted by atomic mass is 9.88. The van der Waals surface area contributed by atoms with Gasteiger partial charge in [0, 0.05) is 6.07 Å². The molecule has 0 radical (unpaired) electrons. The number of para-hydroxylation sites is 1. The van der Waals surface area contributed by atoms with E-state index in [0.717, 1.165) is 5.56 Å². The molecular formula is C18H20N2O4S. The second-order valence-corrected chi connectivity index (χ2v) is 9.04. The molecule has 1 fully saturated rings. The summed E-state index contributed by atoms with van der Waals surface area (Å²) in [7, 11) is -3.98. The van der Waals surface area contributed by atoms with E-state index in [1.165, 1.54) is 28.6 Å². The Hall–Kier alpha value is -2.25. The van der Waals surface area contributed by atoms with Gasteiger partial charge in [0.25, 0.3) is 15.7 Å². The van der Waals surface area contributed by atoms with Gasteiger partial charge in [-0.05, 0) is 17.0 Å². The molecule has 1 heterocycles. The highest BCUT2D eigenvalue weighted by Gasteiger charge is 2.61. The van der Waals surface area contributed by atoms with E-state index < -0.39 is 20.6 Å². The zero-order chi connectivity index (χ0) is 18.4. The van der Waals surface area contributed by atoms with Crippen LogP contribution in [0.15, 0.2) is 59.5 Å². The van der Waals surface area contributed by atoms with Gasteiger partial charge in [-0.1, -0.05) is 63.2 Å². The normalized spacial score (nSPS) is 23.2. The van der Waals surface area contributed by atoms with Gasteiger partial charge >= 0.3 is 0 Å². The van der Waals surface area contributed by atoms with E-state index in [2.05, 4.69) is 0 Å². The van der Waals surface area contributed by atoms with Crippen molar-refractivity contribution in [3.05, 3.63) is 70.3 Å². The monoisotopic (exact) mass is 360 g/mol. The third-order valence-corrected chi connectivity index (χ3v) is 6.31. The number of hydrogen-bond acceptors (Lipinski definition) is 4. The predicted octanol–water partition coefficient (Wildman–Crippen LogP) is 3.76. The van der Waals surface area contributed by atoms with Crippen LogP contribution in [0.1, 0.15) is 32.4 Å². The van der Waals surface area contributed by atoms with Crippen molar-refractivity contribution in [2.45, 2.75) is 37.8 Å². The Morgan fingerprint density at radius 1 is 1.00 bits per heavy atom. The van der Waals surface area contributed by atoms with Gasteiger partial charge in [-0.3, -0.25) is 10.1 Å². The minimum Gasteiger partial charge on any atom is -0.258 e. The molecule has 132 valence electrons. The third-order valence-electron chi connectivity index (χ3n) is 4.40. The first-order chi connectivity index (χ1) is 11.7. The van der Waals surface area contributed by atoms with Crippen LogP contribution in [0, 0.1) is 15.5 Å². The van der Waals surface area contributed by atoms with Crippen molar-refractivity contribution < 1.29 is 13.3 Å². The van der Waals surface area contributed by atoms with Crippen LogP contribution in [0.25, 0.3) is 0 Å². The first-order valence-corrected chi connectivity index (χ1v) is 9.41. The van der Waals surface area contributed by atoms with Crippen LogP contribution < -0.4 is 0 Å². The highest BCUT2D eigenvalue weighted by atomic mass is 32.2. The van der Waals surface area contributed by atoms with Gasteiger partial charge in [0.1, 0.15) is 0 Å². The van der Waals surface area contributed by atoms with E-state index in [1.807, 2.05) is 51.1 Å². The molecule has 7 heteroatoms. The Balaban J connectivity index is 2.09. The largest absolute Gasteiger partial charge is 0.289 e. The predicted molar refractivity (Wildman–Crippen MR) is 94.5 cm³/mol. The zero-order valence-electron chi connectivity index (χ0n) is 14.3. The Morgan fingerprint density at radius 3 is 2.12 bits per heavy atom. The summed E-state index contributed by atoms with van der Waals surface area (Å²) >= 11 is 0. The van der Waals surface area contributed by atoms with Crippen molar-refractivity contribution >= 4 is 15.7 Å². The van der Waals surface area contributed by atoms with Gasteiger partial charge in [-0.2, -0.15) is 4.31 Å². The van der Waals surface area contributed by atoms with Crippen LogP contribution in [0.3, 0.4) is 0 Å². The molecule has 0 N–H and O–H groups in total. The molecule has 1 aliphatic heterocycles. The quantitative estimate of drug-likeness (QED) is 0.472. The fourth-order valence-electron chi connectivity index (χ4n) is 3.28. The fourth-order valence-corrected chi connectivity index (χ4v) is 5.38. The molecule has 1 unspecified atom stereocenters. The standard InChI is InChI=1S/C18H20N2O4S/c1-18(2,3)17-16(13-9-5-4-6-10-13)19(17)25(23,24)15-12-8-7-11-14(15)20(21)22/h4-12,16-17H,1-3H3/t16-,17-,19?/m1/s1. The van der Waals surface area contributed by atoms with Crippen LogP contribution in [-0.2, 0) is 10.0 Å². The van der Waals surface area contributed by atoms with Crippen LogP contribution in [-0.4, -0.2) is 23.7 Å². The summed E-state index contributed by atoms with van der Waals surface area (Å²) in [6.07, 6.45) is 0. The number of benzene rings is 2. The summed E-state index contributed by atoms with van der Waals surface area (Å²) < 4.78 is 27.8. The number of sulfonamides is 1. The Morgan fingerprint density at radius 2 is 1.56 bits per heavy atom. The second-order valence-electron chi connectivity index (χ2n) is 7.23. The molecule has 0 saturated carbocycles. The van der Waals surface area contributed by atoms with Crippen LogP contribution in [0.2, 0.25) is 0 Å². The van der Waals surface area contributed by atoms with Crippen LogP contribution in [0.5, 0.6) is 0 Å². The summed E-state index contributed by atoms with van der Waals surface area (Å²) in [6, 6.07) is 14.3. The summed E-state index contributed by atoms with van der Waals surface area (Å²) in [5.41, 5.74) is 0.204. The van der Waals surface area contributed by atoms with Gasteiger partial charge in [-0.25, -0.2) is 8.42 Å². The molecule has 3 rings (SSSR count). The Kier molecular flexibility index (Phi) is 4.17. The van der Waals surface area contributed by atoms with Crippen molar-refractivity contribution in [3.8, 4) is 0 Å². The molecule has 1 aliphatic rings. The van der Waals surface area contributed by atoms with E-state index in [0.29, 0.717) is 0 Å². The molecule has 2 aromatic carbocycles. The Labute approximate surface area is 147 Å². The SMILES string of the molecule is CC(C)(C)[C@H]1[C@@H](c2ccccc2)N1S(=O)(=O)c1ccccc1[N+](=O)[O-]. The van der Waals surface area contributed by atoms with E-state index >= 15 is 0 Å². The van der Waals surface area contributed by atoms with Crippen LogP contribution >= 0.6 is 0 Å². The lowest BCUT2D eigenvalue weighted by Gasteiger charge is -2.18. The summed E-state index contributed by atoms with van der Waals surface area (Å²) in [4.78, 5) is 10.4. The molecule has 3 atom stereocenters. The molecule has 0 aromatic heterocycles. The number of hydrogen-bond donors (Lipinski definition) is 0. The van der Waals surface area contributed by atoms with E-state index in [-0.39, 0.29) is 22.4 Å². The highest BCUT2D eigenvalue weighted by Crippen LogP contribution is 2.55. The number of nitro groups is 1. The molecular weight excluding hydrogens is 340 g/mol. The van der Waals surface area contributed by atoms with Crippen molar-refractivity contribution in [1.29, 1.82) is 0 Å². The van der Waals surface area contributed by atoms with Gasteiger partial charge in [0.2, 0.25) is 0 Å². The van der Waals surface area contributed by atoms with E-state index in [9.17, 15) is 18.5 Å². The van der Waals surface area contributed by atoms with E-state index in [1.54, 1.807) is 0 Å². The van der Waals surface area contributed by atoms with Crippen molar-refractivity contribution in [1.82, 2.24) is 4.31 Å². The van der Waals surface area contributed by atoms with Crippen molar-refractivity contribution in [3.63, 3.8) is 0 Å². The minimum atomic E-state index is -3.98. The molecule has 2 aromatic rings. The average molecular weight is 360 g/mol. The maximum Gasteiger partial charge on any atom is 0.289 e. The topological polar surface area (TPSA) is 80.3 Å². The molecule has 0 aliphatic carbocycles. The lowest BCUT2D eigenvalue weighted by molar-refractivity contribution is -0.387. The first-order valence-electron chi connectivity index (χ1n) is 7.97. The molecule has 6 nitrogen and oxygen atoms in total. The molecule has 0 bridgehead atoms. The van der Waals surface area contributed by atoms with Gasteiger partial charge < -0.3 is 0 Å². The second kappa shape index (κ2) is 5.93. The molecule has 25 heavy (non-hydrogen) atoms. The highest BCUT2D eigenvalue weighted by molar-refractivity contribution is 7.89. The van der Waals surface area contributed by atoms with Gasteiger partial charge in [-0.15, -0.1) is 0 Å². The minimum absolute atomic E-state index is 0.250. The Bertz CT molecular complexity index is 904. The summed E-state index contributed by atoms with van der Waals surface area (Å²) in [5.74, 6) is 0. The summed E-state index contributed by atoms with van der Waals surface area (Å²) in [6.45, 7) is 5.92. The third kappa shape index (κ3) is 3.05. The number of rotatable bonds is 4. The maximum absolute atomic E-state index is 13.2. The van der Waals surface area contributed by atoms with Gasteiger partial charge in [0.05, 0.1) is 17.0 Å². The summed E-state index contributed by atoms with van der Waals surface area (Å²) in [5, 5.41) is 11.3. The fraction of sp³-hybridized carbons (Fsp3) is 0.333. The van der Waals surface area contributed by atoms with Crippen molar-refractivity contribution in [2.24, 2.45) is 5.41 Å². The number of nitro benzene ring substituents is 1. The van der Waals surface area contributed by atoms with E-state index in [4.69, 9.17) is 0 Å². The zero-order valence-corrected chi connectivity index (χ0v) is 15.1. The maximum atomic E-state index is 13.2. The number of nitrogens with zero attached hydrogens (tertiary/aromatic N) is 2. The smallest absolute Gasteiger partial charge is 0.258 e. The average Bonchev–Trinajstić information content (AvgIpc) is 3.32. The van der Waals surface area contributed by atoms with Crippen LogP contribution in [0.4, 0.5) is 5.69 Å². The molecule has 1 saturated heterocycles. The van der Waals surface area contributed by atoms with Gasteiger partial charge in [0.15, 0.2) is 4.90 Å². The molecule has 0 amide bonds. The molecule has 0 spiro atoms.